The zero-order valence-corrected chi connectivity index (χ0v) is 15.8. The van der Waals surface area contributed by atoms with Crippen LogP contribution in [-0.4, -0.2) is 39.0 Å². The molecule has 0 aliphatic rings. The van der Waals surface area contributed by atoms with Crippen LogP contribution in [0.5, 0.6) is 0 Å². The van der Waals surface area contributed by atoms with Crippen molar-refractivity contribution in [2.45, 2.75) is 37.6 Å². The fourth-order valence-corrected chi connectivity index (χ4v) is 2.87. The van der Waals surface area contributed by atoms with Gasteiger partial charge in [-0.1, -0.05) is 32.0 Å². The highest BCUT2D eigenvalue weighted by Gasteiger charge is 2.30. The van der Waals surface area contributed by atoms with Gasteiger partial charge in [0.15, 0.2) is 6.61 Å². The number of amides is 1. The number of nitrogens with zero attached hydrogens (tertiary/aromatic N) is 1. The van der Waals surface area contributed by atoms with Gasteiger partial charge in [-0.05, 0) is 25.0 Å². The van der Waals surface area contributed by atoms with Crippen LogP contribution in [0.1, 0.15) is 27.2 Å². The van der Waals surface area contributed by atoms with Gasteiger partial charge in [0.2, 0.25) is 10.0 Å². The predicted octanol–water partition coefficient (Wildman–Crippen LogP) is 0.953. The molecule has 0 heterocycles. The standard InChI is InChI=1S/C17H23N3O5S/c1-13(2)17(3,12-18)20-15(21)11-25-16(22)9-10-19-26(23,24)14-7-5-4-6-8-14/h4-8,13,19H,9-11H2,1-3H3,(H,20,21)/t17-/m1/s1. The molecule has 142 valence electrons. The topological polar surface area (TPSA) is 125 Å². The SMILES string of the molecule is CC(C)[C@@](C)(C#N)NC(=O)COC(=O)CCNS(=O)(=O)c1ccccc1. The minimum Gasteiger partial charge on any atom is -0.456 e. The van der Waals surface area contributed by atoms with Crippen molar-refractivity contribution in [3.8, 4) is 6.07 Å². The molecule has 26 heavy (non-hydrogen) atoms. The van der Waals surface area contributed by atoms with Gasteiger partial charge in [0.1, 0.15) is 5.54 Å². The lowest BCUT2D eigenvalue weighted by Gasteiger charge is -2.27. The summed E-state index contributed by atoms with van der Waals surface area (Å²) in [5.41, 5.74) is -1.06. The van der Waals surface area contributed by atoms with E-state index in [2.05, 4.69) is 10.0 Å². The Morgan fingerprint density at radius 2 is 1.88 bits per heavy atom. The predicted molar refractivity (Wildman–Crippen MR) is 94.2 cm³/mol. The Morgan fingerprint density at radius 3 is 2.42 bits per heavy atom. The molecule has 0 unspecified atom stereocenters. The van der Waals surface area contributed by atoms with Crippen molar-refractivity contribution in [2.75, 3.05) is 13.2 Å². The second-order valence-electron chi connectivity index (χ2n) is 6.14. The molecule has 0 aliphatic heterocycles. The van der Waals surface area contributed by atoms with Gasteiger partial charge in [-0.15, -0.1) is 0 Å². The Kier molecular flexibility index (Phi) is 7.74. The number of ether oxygens (including phenoxy) is 1. The monoisotopic (exact) mass is 381 g/mol. The van der Waals surface area contributed by atoms with Crippen LogP contribution >= 0.6 is 0 Å². The van der Waals surface area contributed by atoms with Crippen molar-refractivity contribution < 1.29 is 22.7 Å². The van der Waals surface area contributed by atoms with E-state index < -0.39 is 34.0 Å². The number of nitrogens with one attached hydrogen (secondary N) is 2. The summed E-state index contributed by atoms with van der Waals surface area (Å²) in [4.78, 5) is 23.5. The van der Waals surface area contributed by atoms with E-state index in [1.165, 1.54) is 12.1 Å². The molecular weight excluding hydrogens is 358 g/mol. The Hall–Kier alpha value is -2.44. The van der Waals surface area contributed by atoms with Crippen molar-refractivity contribution >= 4 is 21.9 Å². The molecule has 9 heteroatoms. The molecular formula is C17H23N3O5S. The van der Waals surface area contributed by atoms with Crippen LogP contribution < -0.4 is 10.0 Å². The van der Waals surface area contributed by atoms with Crippen LogP contribution in [0.15, 0.2) is 35.2 Å². The average molecular weight is 381 g/mol. The zero-order chi connectivity index (χ0) is 19.8. The fraction of sp³-hybridized carbons (Fsp3) is 0.471. The van der Waals surface area contributed by atoms with Crippen molar-refractivity contribution in [3.05, 3.63) is 30.3 Å². The highest BCUT2D eigenvalue weighted by atomic mass is 32.2. The van der Waals surface area contributed by atoms with Gasteiger partial charge in [0, 0.05) is 6.54 Å². The summed E-state index contributed by atoms with van der Waals surface area (Å²) in [6.07, 6.45) is -0.223. The van der Waals surface area contributed by atoms with Crippen LogP contribution in [0, 0.1) is 17.2 Å². The van der Waals surface area contributed by atoms with Gasteiger partial charge in [-0.3, -0.25) is 9.59 Å². The van der Waals surface area contributed by atoms with Gasteiger partial charge in [-0.25, -0.2) is 13.1 Å². The molecule has 0 spiro atoms. The largest absolute Gasteiger partial charge is 0.456 e. The van der Waals surface area contributed by atoms with E-state index in [-0.39, 0.29) is 23.8 Å². The molecule has 0 fully saturated rings. The first-order valence-corrected chi connectivity index (χ1v) is 9.51. The number of rotatable bonds is 9. The van der Waals surface area contributed by atoms with E-state index in [0.717, 1.165) is 0 Å². The second kappa shape index (κ2) is 9.31. The number of hydrogen-bond donors (Lipinski definition) is 2. The number of esters is 1. The maximum absolute atomic E-state index is 12.0. The first-order valence-electron chi connectivity index (χ1n) is 8.03. The Bertz CT molecular complexity index is 771. The quantitative estimate of drug-likeness (QED) is 0.614. The van der Waals surface area contributed by atoms with E-state index in [9.17, 15) is 18.0 Å². The van der Waals surface area contributed by atoms with E-state index in [1.807, 2.05) is 6.07 Å². The molecule has 8 nitrogen and oxygen atoms in total. The molecule has 1 atom stereocenters. The lowest BCUT2D eigenvalue weighted by molar-refractivity contribution is -0.148. The molecule has 1 amide bonds. The zero-order valence-electron chi connectivity index (χ0n) is 15.0. The minimum atomic E-state index is -3.70. The number of nitriles is 1. The second-order valence-corrected chi connectivity index (χ2v) is 7.91. The number of benzene rings is 1. The van der Waals surface area contributed by atoms with Crippen molar-refractivity contribution in [2.24, 2.45) is 5.92 Å². The number of carbonyl (C=O) groups excluding carboxylic acids is 2. The summed E-state index contributed by atoms with van der Waals surface area (Å²) in [6, 6.07) is 9.76. The fourth-order valence-electron chi connectivity index (χ4n) is 1.82. The summed E-state index contributed by atoms with van der Waals surface area (Å²) in [5, 5.41) is 11.6. The lowest BCUT2D eigenvalue weighted by atomic mass is 9.90. The molecule has 1 rings (SSSR count). The molecule has 0 bridgehead atoms. The third kappa shape index (κ3) is 6.46. The van der Waals surface area contributed by atoms with Gasteiger partial charge in [0.05, 0.1) is 17.4 Å². The number of carbonyl (C=O) groups is 2. The van der Waals surface area contributed by atoms with Crippen molar-refractivity contribution in [1.82, 2.24) is 10.0 Å². The summed E-state index contributed by atoms with van der Waals surface area (Å²) < 4.78 is 31.0. The molecule has 1 aromatic carbocycles. The van der Waals surface area contributed by atoms with E-state index in [4.69, 9.17) is 10.00 Å². The maximum Gasteiger partial charge on any atom is 0.307 e. The first-order chi connectivity index (χ1) is 12.1. The average Bonchev–Trinajstić information content (AvgIpc) is 2.60. The van der Waals surface area contributed by atoms with Crippen molar-refractivity contribution in [3.63, 3.8) is 0 Å². The Balaban J connectivity index is 2.39. The Labute approximate surface area is 153 Å². The van der Waals surface area contributed by atoms with E-state index in [0.29, 0.717) is 0 Å². The molecule has 1 aromatic rings. The summed E-state index contributed by atoms with van der Waals surface area (Å²) in [5.74, 6) is -1.44. The molecule has 0 aromatic heterocycles. The van der Waals surface area contributed by atoms with Gasteiger partial charge in [0.25, 0.3) is 5.91 Å². The Morgan fingerprint density at radius 1 is 1.27 bits per heavy atom. The smallest absolute Gasteiger partial charge is 0.307 e. The van der Waals surface area contributed by atoms with Gasteiger partial charge < -0.3 is 10.1 Å². The van der Waals surface area contributed by atoms with Crippen LogP contribution in [0.4, 0.5) is 0 Å². The lowest BCUT2D eigenvalue weighted by Crippen LogP contribution is -2.50. The molecule has 0 radical (unpaired) electrons. The van der Waals surface area contributed by atoms with Crippen molar-refractivity contribution in [1.29, 1.82) is 5.26 Å². The number of hydrogen-bond acceptors (Lipinski definition) is 6. The number of sulfonamides is 1. The molecule has 0 saturated heterocycles. The normalized spacial score (nSPS) is 13.5. The highest BCUT2D eigenvalue weighted by Crippen LogP contribution is 2.14. The maximum atomic E-state index is 12.0. The summed E-state index contributed by atoms with van der Waals surface area (Å²) in [6.45, 7) is 4.46. The third-order valence-corrected chi connectivity index (χ3v) is 5.30. The van der Waals surface area contributed by atoms with E-state index in [1.54, 1.807) is 39.0 Å². The molecule has 0 aliphatic carbocycles. The highest BCUT2D eigenvalue weighted by molar-refractivity contribution is 7.89. The minimum absolute atomic E-state index is 0.0946. The van der Waals surface area contributed by atoms with E-state index >= 15 is 0 Å². The summed E-state index contributed by atoms with van der Waals surface area (Å²) in [7, 11) is -3.70. The van der Waals surface area contributed by atoms with Crippen LogP contribution in [0.2, 0.25) is 0 Å². The van der Waals surface area contributed by atoms with Crippen LogP contribution in [0.3, 0.4) is 0 Å². The third-order valence-electron chi connectivity index (χ3n) is 3.83. The molecule has 0 saturated carbocycles. The molecule has 2 N–H and O–H groups in total. The first kappa shape index (κ1) is 21.6. The van der Waals surface area contributed by atoms with Crippen LogP contribution in [0.25, 0.3) is 0 Å². The summed E-state index contributed by atoms with van der Waals surface area (Å²) >= 11 is 0. The van der Waals surface area contributed by atoms with Gasteiger partial charge >= 0.3 is 5.97 Å². The van der Waals surface area contributed by atoms with Gasteiger partial charge in [-0.2, -0.15) is 5.26 Å². The van der Waals surface area contributed by atoms with Crippen LogP contribution in [-0.2, 0) is 24.3 Å².